The number of carbonyl (C=O) groups is 1. The van der Waals surface area contributed by atoms with Crippen LogP contribution in [0, 0.1) is 12.3 Å². The first kappa shape index (κ1) is 19.7. The highest BCUT2D eigenvalue weighted by molar-refractivity contribution is 9.10. The molecular weight excluding hydrogens is 374 g/mol. The zero-order valence-electron chi connectivity index (χ0n) is 15.4. The van der Waals surface area contributed by atoms with E-state index < -0.39 is 0 Å². The number of rotatable bonds is 8. The lowest BCUT2D eigenvalue weighted by Gasteiger charge is -2.25. The summed E-state index contributed by atoms with van der Waals surface area (Å²) in [6, 6.07) is 16.9. The molecule has 1 amide bonds. The Morgan fingerprint density at radius 1 is 1.00 bits per heavy atom. The average molecular weight is 402 g/mol. The van der Waals surface area contributed by atoms with Crippen LogP contribution in [0.5, 0.6) is 0 Å². The molecular formula is C22H28BrNO. The Bertz CT molecular complexity index is 674. The number of carbonyl (C=O) groups excluding carboxylic acids is 1. The highest BCUT2D eigenvalue weighted by atomic mass is 79.9. The molecule has 0 aliphatic rings. The molecule has 2 aromatic carbocycles. The molecule has 0 unspecified atom stereocenters. The Morgan fingerprint density at radius 3 is 2.24 bits per heavy atom. The number of hydrogen-bond acceptors (Lipinski definition) is 1. The van der Waals surface area contributed by atoms with Crippen LogP contribution < -0.4 is 5.32 Å². The van der Waals surface area contributed by atoms with Crippen molar-refractivity contribution >= 4 is 21.8 Å². The molecule has 0 aliphatic heterocycles. The first-order valence-corrected chi connectivity index (χ1v) is 9.70. The van der Waals surface area contributed by atoms with Crippen LogP contribution in [0.4, 0.5) is 0 Å². The fourth-order valence-corrected chi connectivity index (χ4v) is 3.12. The van der Waals surface area contributed by atoms with E-state index in [-0.39, 0.29) is 11.3 Å². The van der Waals surface area contributed by atoms with Crippen LogP contribution in [0.1, 0.15) is 43.4 Å². The number of aryl methyl sites for hydroxylation is 2. The lowest BCUT2D eigenvalue weighted by Crippen LogP contribution is -2.35. The second-order valence-corrected chi connectivity index (χ2v) is 8.50. The van der Waals surface area contributed by atoms with Crippen LogP contribution in [-0.4, -0.2) is 12.5 Å². The van der Waals surface area contributed by atoms with Gasteiger partial charge in [0.2, 0.25) is 5.91 Å². The fraction of sp³-hybridized carbons (Fsp3) is 0.409. The summed E-state index contributed by atoms with van der Waals surface area (Å²) in [5.74, 6) is 0.149. The van der Waals surface area contributed by atoms with Gasteiger partial charge in [-0.2, -0.15) is 0 Å². The third-order valence-corrected chi connectivity index (χ3v) is 4.88. The SMILES string of the molecule is Cc1ccc(CCCC(=O)NCC(C)(C)Cc2ccc(Br)cc2)cc1. The third-order valence-electron chi connectivity index (χ3n) is 4.35. The minimum absolute atomic E-state index is 0.0421. The van der Waals surface area contributed by atoms with Crippen molar-refractivity contribution in [3.05, 3.63) is 69.7 Å². The molecule has 0 bridgehead atoms. The van der Waals surface area contributed by atoms with Crippen molar-refractivity contribution in [2.24, 2.45) is 5.41 Å². The smallest absolute Gasteiger partial charge is 0.220 e. The van der Waals surface area contributed by atoms with Crippen LogP contribution in [0.2, 0.25) is 0 Å². The van der Waals surface area contributed by atoms with E-state index in [4.69, 9.17) is 0 Å². The molecule has 3 heteroatoms. The van der Waals surface area contributed by atoms with Crippen molar-refractivity contribution in [3.8, 4) is 0 Å². The standard InChI is InChI=1S/C22H28BrNO/c1-17-7-9-18(10-8-17)5-4-6-21(25)24-16-22(2,3)15-19-11-13-20(23)14-12-19/h7-14H,4-6,15-16H2,1-3H3,(H,24,25). The van der Waals surface area contributed by atoms with Crippen LogP contribution >= 0.6 is 15.9 Å². The highest BCUT2D eigenvalue weighted by Crippen LogP contribution is 2.22. The average Bonchev–Trinajstić information content (AvgIpc) is 2.57. The molecule has 0 spiro atoms. The van der Waals surface area contributed by atoms with Crippen molar-refractivity contribution in [3.63, 3.8) is 0 Å². The van der Waals surface area contributed by atoms with Crippen LogP contribution in [0.3, 0.4) is 0 Å². The monoisotopic (exact) mass is 401 g/mol. The van der Waals surface area contributed by atoms with Gasteiger partial charge >= 0.3 is 0 Å². The van der Waals surface area contributed by atoms with E-state index in [1.807, 2.05) is 0 Å². The number of nitrogens with one attached hydrogen (secondary N) is 1. The third kappa shape index (κ3) is 7.43. The zero-order valence-corrected chi connectivity index (χ0v) is 17.0. The summed E-state index contributed by atoms with van der Waals surface area (Å²) < 4.78 is 1.09. The quantitative estimate of drug-likeness (QED) is 0.624. The fourth-order valence-electron chi connectivity index (χ4n) is 2.85. The summed E-state index contributed by atoms with van der Waals surface area (Å²) in [4.78, 5) is 12.1. The lowest BCUT2D eigenvalue weighted by molar-refractivity contribution is -0.121. The highest BCUT2D eigenvalue weighted by Gasteiger charge is 2.19. The second-order valence-electron chi connectivity index (χ2n) is 7.58. The van der Waals surface area contributed by atoms with Crippen molar-refractivity contribution < 1.29 is 4.79 Å². The molecule has 0 atom stereocenters. The maximum absolute atomic E-state index is 12.1. The molecule has 0 saturated carbocycles. The topological polar surface area (TPSA) is 29.1 Å². The lowest BCUT2D eigenvalue weighted by atomic mass is 9.85. The molecule has 2 nitrogen and oxygen atoms in total. The van der Waals surface area contributed by atoms with Crippen molar-refractivity contribution in [2.75, 3.05) is 6.54 Å². The summed E-state index contributed by atoms with van der Waals surface area (Å²) >= 11 is 3.46. The second kappa shape index (κ2) is 9.19. The minimum atomic E-state index is 0.0421. The van der Waals surface area contributed by atoms with Crippen molar-refractivity contribution in [1.82, 2.24) is 5.32 Å². The molecule has 25 heavy (non-hydrogen) atoms. The zero-order chi connectivity index (χ0) is 18.3. The predicted octanol–water partition coefficient (Wildman–Crippen LogP) is 5.47. The maximum Gasteiger partial charge on any atom is 0.220 e. The number of halogens is 1. The number of hydrogen-bond donors (Lipinski definition) is 1. The van der Waals surface area contributed by atoms with Crippen molar-refractivity contribution in [1.29, 1.82) is 0 Å². The minimum Gasteiger partial charge on any atom is -0.356 e. The van der Waals surface area contributed by atoms with Gasteiger partial charge in [-0.3, -0.25) is 4.79 Å². The Hall–Kier alpha value is -1.61. The molecule has 0 radical (unpaired) electrons. The Balaban J connectivity index is 1.70. The van der Waals surface area contributed by atoms with Gasteiger partial charge in [0, 0.05) is 17.4 Å². The van der Waals surface area contributed by atoms with Crippen molar-refractivity contribution in [2.45, 2.75) is 46.5 Å². The summed E-state index contributed by atoms with van der Waals surface area (Å²) in [6.45, 7) is 7.18. The van der Waals surface area contributed by atoms with E-state index in [1.54, 1.807) is 0 Å². The number of benzene rings is 2. The molecule has 0 aromatic heterocycles. The van der Waals surface area contributed by atoms with E-state index in [9.17, 15) is 4.79 Å². The molecule has 134 valence electrons. The normalized spacial score (nSPS) is 11.4. The molecule has 2 rings (SSSR count). The van der Waals surface area contributed by atoms with Gasteiger partial charge in [0.1, 0.15) is 0 Å². The van der Waals surface area contributed by atoms with Gasteiger partial charge in [0.25, 0.3) is 0 Å². The van der Waals surface area contributed by atoms with Gasteiger partial charge in [-0.25, -0.2) is 0 Å². The number of amides is 1. The van der Waals surface area contributed by atoms with Gasteiger partial charge < -0.3 is 5.32 Å². The molecule has 2 aromatic rings. The van der Waals surface area contributed by atoms with Crippen LogP contribution in [-0.2, 0) is 17.6 Å². The summed E-state index contributed by atoms with van der Waals surface area (Å²) in [6.07, 6.45) is 3.38. The van der Waals surface area contributed by atoms with E-state index >= 15 is 0 Å². The molecule has 0 saturated heterocycles. The largest absolute Gasteiger partial charge is 0.356 e. The van der Waals surface area contributed by atoms with E-state index in [0.29, 0.717) is 13.0 Å². The first-order chi connectivity index (χ1) is 11.8. The van der Waals surface area contributed by atoms with E-state index in [2.05, 4.69) is 90.5 Å². The first-order valence-electron chi connectivity index (χ1n) is 8.91. The van der Waals surface area contributed by atoms with Crippen LogP contribution in [0.25, 0.3) is 0 Å². The molecule has 1 N–H and O–H groups in total. The molecule has 0 aliphatic carbocycles. The Labute approximate surface area is 160 Å². The summed E-state index contributed by atoms with van der Waals surface area (Å²) in [7, 11) is 0. The molecule has 0 fully saturated rings. The van der Waals surface area contributed by atoms with E-state index in [1.165, 1.54) is 16.7 Å². The molecule has 0 heterocycles. The Morgan fingerprint density at radius 2 is 1.60 bits per heavy atom. The van der Waals surface area contributed by atoms with Gasteiger partial charge in [-0.15, -0.1) is 0 Å². The summed E-state index contributed by atoms with van der Waals surface area (Å²) in [5.41, 5.74) is 3.91. The van der Waals surface area contributed by atoms with E-state index in [0.717, 1.165) is 23.7 Å². The summed E-state index contributed by atoms with van der Waals surface area (Å²) in [5, 5.41) is 3.10. The van der Waals surface area contributed by atoms with Crippen LogP contribution in [0.15, 0.2) is 53.0 Å². The maximum atomic E-state index is 12.1. The predicted molar refractivity (Wildman–Crippen MR) is 109 cm³/mol. The van der Waals surface area contributed by atoms with Gasteiger partial charge in [0.15, 0.2) is 0 Å². The Kier molecular flexibility index (Phi) is 7.24. The van der Waals surface area contributed by atoms with Gasteiger partial charge in [0.05, 0.1) is 0 Å². The van der Waals surface area contributed by atoms with Gasteiger partial charge in [-0.05, 0) is 54.9 Å². The van der Waals surface area contributed by atoms with Gasteiger partial charge in [-0.1, -0.05) is 71.7 Å².